The highest BCUT2D eigenvalue weighted by atomic mass is 32.2. The number of nitrogens with one attached hydrogen (secondary N) is 1. The van der Waals surface area contributed by atoms with E-state index < -0.39 is 27.5 Å². The van der Waals surface area contributed by atoms with Crippen molar-refractivity contribution in [3.63, 3.8) is 0 Å². The molecular formula is C16H23F2NO3S. The summed E-state index contributed by atoms with van der Waals surface area (Å²) in [5.74, 6) is -3.64. The van der Waals surface area contributed by atoms with Crippen molar-refractivity contribution in [2.75, 3.05) is 12.3 Å². The molecule has 1 aliphatic rings. The van der Waals surface area contributed by atoms with E-state index in [1.165, 1.54) is 6.92 Å². The molecule has 2 rings (SSSR count). The van der Waals surface area contributed by atoms with Gasteiger partial charge in [-0.15, -0.1) is 0 Å². The average Bonchev–Trinajstić information content (AvgIpc) is 2.45. The zero-order chi connectivity index (χ0) is 17.1. The van der Waals surface area contributed by atoms with Crippen LogP contribution in [0.5, 0.6) is 0 Å². The molecule has 0 aromatic heterocycles. The first-order chi connectivity index (χ1) is 10.6. The zero-order valence-corrected chi connectivity index (χ0v) is 14.0. The second-order valence-corrected chi connectivity index (χ2v) is 8.41. The molecule has 1 aliphatic carbocycles. The van der Waals surface area contributed by atoms with Crippen LogP contribution < -0.4 is 4.72 Å². The third-order valence-electron chi connectivity index (χ3n) is 4.23. The minimum absolute atomic E-state index is 0.167. The Balaban J connectivity index is 1.94. The topological polar surface area (TPSA) is 66.4 Å². The van der Waals surface area contributed by atoms with Crippen LogP contribution in [0.15, 0.2) is 30.3 Å². The summed E-state index contributed by atoms with van der Waals surface area (Å²) in [6.07, 6.45) is 0.281. The number of alkyl halides is 2. The molecule has 2 N–H and O–H groups in total. The molecule has 130 valence electrons. The first kappa shape index (κ1) is 18.3. The minimum atomic E-state index is -3.72. The first-order valence-corrected chi connectivity index (χ1v) is 9.38. The van der Waals surface area contributed by atoms with Crippen molar-refractivity contribution in [3.05, 3.63) is 35.9 Å². The van der Waals surface area contributed by atoms with Crippen LogP contribution in [0.25, 0.3) is 0 Å². The molecule has 1 saturated carbocycles. The van der Waals surface area contributed by atoms with Gasteiger partial charge < -0.3 is 5.11 Å². The van der Waals surface area contributed by atoms with Crippen LogP contribution >= 0.6 is 0 Å². The summed E-state index contributed by atoms with van der Waals surface area (Å²) in [5, 5.41) is 10.4. The lowest BCUT2D eigenvalue weighted by Gasteiger charge is -2.29. The summed E-state index contributed by atoms with van der Waals surface area (Å²) in [5.41, 5.74) is -0.767. The molecule has 0 radical (unpaired) electrons. The SMILES string of the molecule is C[C@@](O)(CNS(=O)(=O)C[C@@H]1CCCC(F)(F)C1)c1ccccc1. The van der Waals surface area contributed by atoms with Gasteiger partial charge in [0.05, 0.1) is 5.75 Å². The van der Waals surface area contributed by atoms with Crippen molar-refractivity contribution in [3.8, 4) is 0 Å². The van der Waals surface area contributed by atoms with Gasteiger partial charge in [0.15, 0.2) is 0 Å². The van der Waals surface area contributed by atoms with Crippen LogP contribution in [0, 0.1) is 5.92 Å². The van der Waals surface area contributed by atoms with Gasteiger partial charge in [-0.25, -0.2) is 21.9 Å². The van der Waals surface area contributed by atoms with Gasteiger partial charge in [-0.1, -0.05) is 30.3 Å². The Morgan fingerprint density at radius 3 is 2.61 bits per heavy atom. The highest BCUT2D eigenvalue weighted by Crippen LogP contribution is 2.37. The average molecular weight is 347 g/mol. The summed E-state index contributed by atoms with van der Waals surface area (Å²) in [6.45, 7) is 1.32. The molecule has 0 saturated heterocycles. The molecule has 0 aliphatic heterocycles. The normalized spacial score (nSPS) is 24.1. The van der Waals surface area contributed by atoms with E-state index in [0.29, 0.717) is 18.4 Å². The fraction of sp³-hybridized carbons (Fsp3) is 0.625. The Kier molecular flexibility index (Phi) is 5.43. The maximum atomic E-state index is 13.4. The highest BCUT2D eigenvalue weighted by Gasteiger charge is 2.38. The van der Waals surface area contributed by atoms with Gasteiger partial charge in [-0.2, -0.15) is 0 Å². The maximum Gasteiger partial charge on any atom is 0.248 e. The van der Waals surface area contributed by atoms with Crippen LogP contribution in [0.2, 0.25) is 0 Å². The Bertz CT molecular complexity index is 617. The van der Waals surface area contributed by atoms with Crippen LogP contribution in [0.3, 0.4) is 0 Å². The highest BCUT2D eigenvalue weighted by molar-refractivity contribution is 7.89. The molecule has 2 atom stereocenters. The molecule has 1 aromatic rings. The van der Waals surface area contributed by atoms with Crippen molar-refractivity contribution < 1.29 is 22.3 Å². The molecule has 0 bridgehead atoms. The number of benzene rings is 1. The molecule has 7 heteroatoms. The van der Waals surface area contributed by atoms with Crippen LogP contribution in [-0.2, 0) is 15.6 Å². The van der Waals surface area contributed by atoms with Crippen molar-refractivity contribution in [2.24, 2.45) is 5.92 Å². The van der Waals surface area contributed by atoms with E-state index >= 15 is 0 Å². The standard InChI is InChI=1S/C16H23F2NO3S/c1-15(20,14-7-3-2-4-8-14)12-19-23(21,22)11-13-6-5-9-16(17,18)10-13/h2-4,7-8,13,19-20H,5-6,9-12H2,1H3/t13-,15-/m1/s1. The van der Waals surface area contributed by atoms with Crippen molar-refractivity contribution in [1.29, 1.82) is 0 Å². The maximum absolute atomic E-state index is 13.4. The van der Waals surface area contributed by atoms with E-state index in [0.717, 1.165) is 0 Å². The van der Waals surface area contributed by atoms with Crippen molar-refractivity contribution in [2.45, 2.75) is 44.1 Å². The lowest BCUT2D eigenvalue weighted by atomic mass is 9.88. The molecule has 0 heterocycles. The van der Waals surface area contributed by atoms with E-state index in [1.807, 2.05) is 0 Å². The van der Waals surface area contributed by atoms with Crippen LogP contribution in [0.4, 0.5) is 8.78 Å². The molecule has 0 unspecified atom stereocenters. The lowest BCUT2D eigenvalue weighted by Crippen LogP contribution is -2.41. The van der Waals surface area contributed by atoms with Crippen LogP contribution in [-0.4, -0.2) is 31.7 Å². The van der Waals surface area contributed by atoms with Gasteiger partial charge >= 0.3 is 0 Å². The lowest BCUT2D eigenvalue weighted by molar-refractivity contribution is -0.0489. The molecule has 0 amide bonds. The number of halogens is 2. The fourth-order valence-corrected chi connectivity index (χ4v) is 4.46. The monoisotopic (exact) mass is 347 g/mol. The largest absolute Gasteiger partial charge is 0.384 e. The van der Waals surface area contributed by atoms with Gasteiger partial charge in [0.2, 0.25) is 15.9 Å². The van der Waals surface area contributed by atoms with Crippen LogP contribution in [0.1, 0.15) is 38.2 Å². The Hall–Kier alpha value is -1.05. The Morgan fingerprint density at radius 2 is 2.00 bits per heavy atom. The summed E-state index contributed by atoms with van der Waals surface area (Å²) in [7, 11) is -3.72. The van der Waals surface area contributed by atoms with Gasteiger partial charge in [0.25, 0.3) is 0 Å². The van der Waals surface area contributed by atoms with Gasteiger partial charge in [-0.05, 0) is 31.2 Å². The number of rotatable bonds is 6. The predicted octanol–water partition coefficient (Wildman–Crippen LogP) is 2.64. The second-order valence-electron chi connectivity index (χ2n) is 6.56. The molecular weight excluding hydrogens is 324 g/mol. The number of sulfonamides is 1. The molecule has 1 fully saturated rings. The van der Waals surface area contributed by atoms with E-state index in [4.69, 9.17) is 0 Å². The summed E-state index contributed by atoms with van der Waals surface area (Å²) >= 11 is 0. The van der Waals surface area contributed by atoms with Gasteiger partial charge in [0.1, 0.15) is 5.60 Å². The van der Waals surface area contributed by atoms with Gasteiger partial charge in [0, 0.05) is 19.4 Å². The fourth-order valence-electron chi connectivity index (χ4n) is 2.94. The Morgan fingerprint density at radius 1 is 1.35 bits per heavy atom. The van der Waals surface area contributed by atoms with Crippen molar-refractivity contribution in [1.82, 2.24) is 4.72 Å². The van der Waals surface area contributed by atoms with E-state index in [1.54, 1.807) is 30.3 Å². The summed E-state index contributed by atoms with van der Waals surface area (Å²) in [6, 6.07) is 8.71. The molecule has 4 nitrogen and oxygen atoms in total. The Labute approximate surface area is 136 Å². The summed E-state index contributed by atoms with van der Waals surface area (Å²) in [4.78, 5) is 0. The van der Waals surface area contributed by atoms with Crippen molar-refractivity contribution >= 4 is 10.0 Å². The smallest absolute Gasteiger partial charge is 0.248 e. The van der Waals surface area contributed by atoms with E-state index in [-0.39, 0.29) is 25.1 Å². The van der Waals surface area contributed by atoms with Gasteiger partial charge in [-0.3, -0.25) is 0 Å². The number of hydrogen-bond acceptors (Lipinski definition) is 3. The molecule has 0 spiro atoms. The number of aliphatic hydroxyl groups is 1. The second kappa shape index (κ2) is 6.83. The van der Waals surface area contributed by atoms with E-state index in [9.17, 15) is 22.3 Å². The predicted molar refractivity (Wildman–Crippen MR) is 84.7 cm³/mol. The molecule has 1 aromatic carbocycles. The minimum Gasteiger partial charge on any atom is -0.384 e. The third-order valence-corrected chi connectivity index (χ3v) is 5.72. The first-order valence-electron chi connectivity index (χ1n) is 7.73. The van der Waals surface area contributed by atoms with E-state index in [2.05, 4.69) is 4.72 Å². The number of hydrogen-bond donors (Lipinski definition) is 2. The zero-order valence-electron chi connectivity index (χ0n) is 13.1. The summed E-state index contributed by atoms with van der Waals surface area (Å²) < 4.78 is 53.3. The third kappa shape index (κ3) is 5.51. The quantitative estimate of drug-likeness (QED) is 0.831. The molecule has 23 heavy (non-hydrogen) atoms.